The van der Waals surface area contributed by atoms with Crippen LogP contribution in [0, 0.1) is 11.7 Å². The second-order valence-corrected chi connectivity index (χ2v) is 7.51. The van der Waals surface area contributed by atoms with E-state index in [1.165, 1.54) is 25.0 Å². The summed E-state index contributed by atoms with van der Waals surface area (Å²) in [7, 11) is 0. The molecular weight excluding hydrogens is 371 g/mol. The summed E-state index contributed by atoms with van der Waals surface area (Å²) in [4.78, 5) is 28.6. The van der Waals surface area contributed by atoms with Crippen molar-refractivity contribution in [3.8, 4) is 0 Å². The van der Waals surface area contributed by atoms with Gasteiger partial charge in [-0.15, -0.1) is 0 Å². The molecule has 0 saturated heterocycles. The largest absolute Gasteiger partial charge is 0.348 e. The molecule has 29 heavy (non-hydrogen) atoms. The number of fused-ring (bicyclic) bond motifs is 1. The van der Waals surface area contributed by atoms with Crippen LogP contribution in [-0.2, 0) is 11.3 Å². The molecule has 2 heterocycles. The molecular formula is C22H23FN4O2. The van der Waals surface area contributed by atoms with E-state index in [-0.39, 0.29) is 18.0 Å². The van der Waals surface area contributed by atoms with Gasteiger partial charge in [-0.1, -0.05) is 18.9 Å². The van der Waals surface area contributed by atoms with Crippen molar-refractivity contribution in [2.75, 3.05) is 5.32 Å². The van der Waals surface area contributed by atoms with Crippen LogP contribution in [0.15, 0.2) is 48.9 Å². The third-order valence-electron chi connectivity index (χ3n) is 5.35. The average Bonchev–Trinajstić information content (AvgIpc) is 3.37. The molecule has 150 valence electrons. The Morgan fingerprint density at radius 1 is 1.17 bits per heavy atom. The van der Waals surface area contributed by atoms with Gasteiger partial charge in [-0.05, 0) is 48.6 Å². The Hall–Kier alpha value is -3.22. The quantitative estimate of drug-likeness (QED) is 0.665. The number of anilines is 1. The molecule has 0 aliphatic heterocycles. The smallest absolute Gasteiger partial charge is 0.254 e. The predicted molar refractivity (Wildman–Crippen MR) is 108 cm³/mol. The number of hydrogen-bond donors (Lipinski definition) is 2. The van der Waals surface area contributed by atoms with Crippen LogP contribution in [-0.4, -0.2) is 21.2 Å². The van der Waals surface area contributed by atoms with Crippen LogP contribution < -0.4 is 10.6 Å². The molecule has 1 aliphatic carbocycles. The number of aromatic nitrogens is 2. The first-order chi connectivity index (χ1) is 14.1. The number of amides is 2. The van der Waals surface area contributed by atoms with E-state index in [9.17, 15) is 14.0 Å². The maximum absolute atomic E-state index is 14.4. The molecule has 1 aliphatic rings. The van der Waals surface area contributed by atoms with Crippen molar-refractivity contribution in [2.24, 2.45) is 5.92 Å². The van der Waals surface area contributed by atoms with Crippen LogP contribution in [0.2, 0.25) is 0 Å². The van der Waals surface area contributed by atoms with E-state index in [0.29, 0.717) is 18.0 Å². The van der Waals surface area contributed by atoms with Gasteiger partial charge in [0.15, 0.2) is 0 Å². The first kappa shape index (κ1) is 19.1. The normalized spacial score (nSPS) is 14.2. The maximum atomic E-state index is 14.4. The van der Waals surface area contributed by atoms with E-state index in [2.05, 4.69) is 15.6 Å². The zero-order valence-electron chi connectivity index (χ0n) is 16.0. The Morgan fingerprint density at radius 3 is 2.79 bits per heavy atom. The second-order valence-electron chi connectivity index (χ2n) is 7.51. The molecule has 1 fully saturated rings. The standard InChI is InChI=1S/C22H23FN4O2/c23-19-12-17(26-21(28)11-15-3-1-2-4-15)6-7-18(19)22(29)25-13-16-5-8-20-24-9-10-27(20)14-16/h5-10,12,14-15H,1-4,11,13H2,(H,25,29)(H,26,28). The highest BCUT2D eigenvalue weighted by Gasteiger charge is 2.19. The van der Waals surface area contributed by atoms with Crippen molar-refractivity contribution >= 4 is 23.1 Å². The van der Waals surface area contributed by atoms with Gasteiger partial charge in [0.05, 0.1) is 5.56 Å². The molecule has 3 aromatic rings. The van der Waals surface area contributed by atoms with Gasteiger partial charge < -0.3 is 15.0 Å². The van der Waals surface area contributed by atoms with E-state index in [4.69, 9.17) is 0 Å². The van der Waals surface area contributed by atoms with Crippen molar-refractivity contribution in [2.45, 2.75) is 38.6 Å². The summed E-state index contributed by atoms with van der Waals surface area (Å²) in [5.74, 6) is -0.849. The van der Waals surface area contributed by atoms with Gasteiger partial charge in [-0.2, -0.15) is 0 Å². The van der Waals surface area contributed by atoms with E-state index in [0.717, 1.165) is 24.1 Å². The molecule has 0 bridgehead atoms. The Morgan fingerprint density at radius 2 is 2.00 bits per heavy atom. The first-order valence-electron chi connectivity index (χ1n) is 9.88. The van der Waals surface area contributed by atoms with Gasteiger partial charge in [-0.25, -0.2) is 9.37 Å². The molecule has 0 unspecified atom stereocenters. The number of nitrogens with one attached hydrogen (secondary N) is 2. The molecule has 2 aromatic heterocycles. The predicted octanol–water partition coefficient (Wildman–Crippen LogP) is 3.92. The summed E-state index contributed by atoms with van der Waals surface area (Å²) in [6.45, 7) is 0.270. The summed E-state index contributed by atoms with van der Waals surface area (Å²) in [6.07, 6.45) is 10.3. The van der Waals surface area contributed by atoms with Crippen LogP contribution in [0.3, 0.4) is 0 Å². The monoisotopic (exact) mass is 394 g/mol. The van der Waals surface area contributed by atoms with Crippen LogP contribution in [0.5, 0.6) is 0 Å². The molecule has 6 nitrogen and oxygen atoms in total. The van der Waals surface area contributed by atoms with E-state index in [1.807, 2.05) is 28.9 Å². The summed E-state index contributed by atoms with van der Waals surface area (Å²) < 4.78 is 16.3. The minimum Gasteiger partial charge on any atom is -0.348 e. The molecule has 0 radical (unpaired) electrons. The number of imidazole rings is 1. The summed E-state index contributed by atoms with van der Waals surface area (Å²) in [5.41, 5.74) is 2.01. The molecule has 7 heteroatoms. The fourth-order valence-electron chi connectivity index (χ4n) is 3.81. The summed E-state index contributed by atoms with van der Waals surface area (Å²) in [5, 5.41) is 5.45. The Bertz CT molecular complexity index is 1040. The molecule has 0 atom stereocenters. The number of pyridine rings is 1. The van der Waals surface area contributed by atoms with Crippen molar-refractivity contribution < 1.29 is 14.0 Å². The minimum absolute atomic E-state index is 0.0532. The van der Waals surface area contributed by atoms with E-state index >= 15 is 0 Å². The lowest BCUT2D eigenvalue weighted by Crippen LogP contribution is -2.24. The Labute approximate surface area is 168 Å². The fraction of sp³-hybridized carbons (Fsp3) is 0.318. The maximum Gasteiger partial charge on any atom is 0.254 e. The molecule has 1 saturated carbocycles. The summed E-state index contributed by atoms with van der Waals surface area (Å²) >= 11 is 0. The number of halogens is 1. The number of carbonyl (C=O) groups excluding carboxylic acids is 2. The second kappa shape index (κ2) is 8.43. The SMILES string of the molecule is O=C(CC1CCCC1)Nc1ccc(C(=O)NCc2ccc3nccn3c2)c(F)c1. The van der Waals surface area contributed by atoms with Gasteiger partial charge in [0.2, 0.25) is 5.91 Å². The number of nitrogens with zero attached hydrogens (tertiary/aromatic N) is 2. The van der Waals surface area contributed by atoms with E-state index in [1.54, 1.807) is 12.3 Å². The van der Waals surface area contributed by atoms with Gasteiger partial charge in [0.25, 0.3) is 5.91 Å². The van der Waals surface area contributed by atoms with Crippen molar-refractivity contribution in [1.82, 2.24) is 14.7 Å². The van der Waals surface area contributed by atoms with Crippen molar-refractivity contribution in [3.63, 3.8) is 0 Å². The zero-order chi connectivity index (χ0) is 20.2. The molecule has 0 spiro atoms. The van der Waals surface area contributed by atoms with Crippen molar-refractivity contribution in [3.05, 3.63) is 65.9 Å². The number of rotatable bonds is 6. The third kappa shape index (κ3) is 4.62. The highest BCUT2D eigenvalue weighted by atomic mass is 19.1. The average molecular weight is 394 g/mol. The van der Waals surface area contributed by atoms with E-state index < -0.39 is 11.7 Å². The van der Waals surface area contributed by atoms with Crippen LogP contribution in [0.25, 0.3) is 5.65 Å². The zero-order valence-corrected chi connectivity index (χ0v) is 16.0. The topological polar surface area (TPSA) is 75.5 Å². The van der Waals surface area contributed by atoms with Gasteiger partial charge >= 0.3 is 0 Å². The fourth-order valence-corrected chi connectivity index (χ4v) is 3.81. The lowest BCUT2D eigenvalue weighted by atomic mass is 10.0. The number of hydrogen-bond acceptors (Lipinski definition) is 3. The molecule has 1 aromatic carbocycles. The highest BCUT2D eigenvalue weighted by Crippen LogP contribution is 2.28. The Balaban J connectivity index is 1.35. The number of benzene rings is 1. The first-order valence-corrected chi connectivity index (χ1v) is 9.88. The van der Waals surface area contributed by atoms with Crippen LogP contribution >= 0.6 is 0 Å². The highest BCUT2D eigenvalue weighted by molar-refractivity contribution is 5.96. The molecule has 2 N–H and O–H groups in total. The van der Waals surface area contributed by atoms with Gasteiger partial charge in [0.1, 0.15) is 11.5 Å². The number of carbonyl (C=O) groups is 2. The van der Waals surface area contributed by atoms with Crippen LogP contribution in [0.1, 0.15) is 48.0 Å². The van der Waals surface area contributed by atoms with Crippen molar-refractivity contribution in [1.29, 1.82) is 0 Å². The molecule has 4 rings (SSSR count). The lowest BCUT2D eigenvalue weighted by Gasteiger charge is -2.11. The molecule has 2 amide bonds. The van der Waals surface area contributed by atoms with Gasteiger partial charge in [0, 0.05) is 37.2 Å². The van der Waals surface area contributed by atoms with Crippen LogP contribution in [0.4, 0.5) is 10.1 Å². The minimum atomic E-state index is -0.661. The third-order valence-corrected chi connectivity index (χ3v) is 5.35. The Kier molecular flexibility index (Phi) is 5.55. The summed E-state index contributed by atoms with van der Waals surface area (Å²) in [6, 6.07) is 7.86. The van der Waals surface area contributed by atoms with Gasteiger partial charge in [-0.3, -0.25) is 9.59 Å². The lowest BCUT2D eigenvalue weighted by molar-refractivity contribution is -0.117.